The van der Waals surface area contributed by atoms with Gasteiger partial charge in [-0.2, -0.15) is 0 Å². The molecule has 0 aliphatic rings. The molecule has 0 saturated heterocycles. The van der Waals surface area contributed by atoms with Crippen molar-refractivity contribution in [3.63, 3.8) is 0 Å². The number of pyridine rings is 1. The molecule has 1 heterocycles. The van der Waals surface area contributed by atoms with Gasteiger partial charge >= 0.3 is 0 Å². The zero-order valence-electron chi connectivity index (χ0n) is 14.9. The molecule has 1 aromatic heterocycles. The zero-order chi connectivity index (χ0) is 19.1. The van der Waals surface area contributed by atoms with E-state index in [0.29, 0.717) is 17.1 Å². The lowest BCUT2D eigenvalue weighted by atomic mass is 10.1. The summed E-state index contributed by atoms with van der Waals surface area (Å²) in [5.74, 6) is 0.892. The van der Waals surface area contributed by atoms with E-state index >= 15 is 0 Å². The van der Waals surface area contributed by atoms with Crippen LogP contribution in [0.4, 0.5) is 15.9 Å². The van der Waals surface area contributed by atoms with Crippen LogP contribution in [0, 0.1) is 5.82 Å². The van der Waals surface area contributed by atoms with Crippen molar-refractivity contribution in [1.29, 1.82) is 0 Å². The minimum atomic E-state index is -0.347. The van der Waals surface area contributed by atoms with E-state index in [1.165, 1.54) is 36.0 Å². The fourth-order valence-electron chi connectivity index (χ4n) is 2.50. The first-order chi connectivity index (χ1) is 13.1. The number of anilines is 2. The highest BCUT2D eigenvalue weighted by molar-refractivity contribution is 6.04. The fraction of sp³-hybridized carbons (Fsp3) is 0.143. The van der Waals surface area contributed by atoms with E-state index in [4.69, 9.17) is 4.74 Å². The van der Waals surface area contributed by atoms with Crippen molar-refractivity contribution in [2.24, 2.45) is 0 Å². The quantitative estimate of drug-likeness (QED) is 0.661. The molecule has 0 aliphatic carbocycles. The summed E-state index contributed by atoms with van der Waals surface area (Å²) in [6, 6.07) is 17.0. The monoisotopic (exact) mass is 365 g/mol. The van der Waals surface area contributed by atoms with Gasteiger partial charge in [-0.15, -0.1) is 0 Å². The number of benzene rings is 2. The van der Waals surface area contributed by atoms with Crippen molar-refractivity contribution >= 4 is 17.4 Å². The second-order valence-corrected chi connectivity index (χ2v) is 5.92. The number of nitrogens with zero attached hydrogens (tertiary/aromatic N) is 1. The summed E-state index contributed by atoms with van der Waals surface area (Å²) in [5.41, 5.74) is 2.15. The molecule has 0 fully saturated rings. The fourth-order valence-corrected chi connectivity index (χ4v) is 2.50. The van der Waals surface area contributed by atoms with E-state index in [0.717, 1.165) is 18.7 Å². The summed E-state index contributed by atoms with van der Waals surface area (Å²) in [4.78, 5) is 16.4. The number of carbonyl (C=O) groups is 1. The maximum absolute atomic E-state index is 12.9. The van der Waals surface area contributed by atoms with Crippen LogP contribution in [-0.2, 0) is 6.42 Å². The number of aromatic nitrogens is 1. The number of rotatable bonds is 7. The highest BCUT2D eigenvalue weighted by Crippen LogP contribution is 2.13. The van der Waals surface area contributed by atoms with Gasteiger partial charge in [-0.25, -0.2) is 9.37 Å². The Bertz CT molecular complexity index is 879. The molecule has 0 bridgehead atoms. The van der Waals surface area contributed by atoms with E-state index in [1.807, 2.05) is 24.3 Å². The number of amides is 1. The van der Waals surface area contributed by atoms with Crippen LogP contribution in [0.25, 0.3) is 0 Å². The molecule has 0 unspecified atom stereocenters. The van der Waals surface area contributed by atoms with Gasteiger partial charge in [0.25, 0.3) is 5.91 Å². The van der Waals surface area contributed by atoms with Crippen molar-refractivity contribution in [2.45, 2.75) is 6.42 Å². The number of carbonyl (C=O) groups excluding carboxylic acids is 1. The highest BCUT2D eigenvalue weighted by Gasteiger charge is 2.07. The molecule has 2 N–H and O–H groups in total. The van der Waals surface area contributed by atoms with Gasteiger partial charge in [-0.05, 0) is 60.5 Å². The Balaban J connectivity index is 1.50. The summed E-state index contributed by atoms with van der Waals surface area (Å²) in [5, 5.41) is 5.93. The van der Waals surface area contributed by atoms with Crippen molar-refractivity contribution < 1.29 is 13.9 Å². The minimum Gasteiger partial charge on any atom is -0.497 e. The lowest BCUT2D eigenvalue weighted by Crippen LogP contribution is -2.13. The Morgan fingerprint density at radius 2 is 1.78 bits per heavy atom. The van der Waals surface area contributed by atoms with E-state index < -0.39 is 0 Å². The van der Waals surface area contributed by atoms with Gasteiger partial charge in [0.2, 0.25) is 0 Å². The van der Waals surface area contributed by atoms with Crippen LogP contribution in [0.2, 0.25) is 0 Å². The van der Waals surface area contributed by atoms with Gasteiger partial charge in [0, 0.05) is 18.4 Å². The molecule has 0 atom stereocenters. The third-order valence-electron chi connectivity index (χ3n) is 4.01. The second-order valence-electron chi connectivity index (χ2n) is 5.92. The van der Waals surface area contributed by atoms with Crippen molar-refractivity contribution in [3.8, 4) is 5.75 Å². The molecule has 1 amide bonds. The number of hydrogen-bond acceptors (Lipinski definition) is 4. The Morgan fingerprint density at radius 1 is 1.04 bits per heavy atom. The summed E-state index contributed by atoms with van der Waals surface area (Å²) in [7, 11) is 1.64. The van der Waals surface area contributed by atoms with Crippen LogP contribution in [0.5, 0.6) is 5.75 Å². The molecule has 0 saturated carbocycles. The minimum absolute atomic E-state index is 0.293. The molecule has 0 aliphatic heterocycles. The summed E-state index contributed by atoms with van der Waals surface area (Å²) in [6.07, 6.45) is 2.35. The predicted molar refractivity (Wildman–Crippen MR) is 104 cm³/mol. The molecule has 3 aromatic rings. The van der Waals surface area contributed by atoms with Crippen molar-refractivity contribution in [1.82, 2.24) is 4.98 Å². The van der Waals surface area contributed by atoms with E-state index in [1.54, 1.807) is 19.2 Å². The van der Waals surface area contributed by atoms with Crippen LogP contribution in [-0.4, -0.2) is 24.5 Å². The van der Waals surface area contributed by atoms with E-state index in [-0.39, 0.29) is 11.7 Å². The first kappa shape index (κ1) is 18.4. The molecule has 138 valence electrons. The third-order valence-corrected chi connectivity index (χ3v) is 4.01. The average molecular weight is 365 g/mol. The number of ether oxygens (including phenoxy) is 1. The molecule has 0 radical (unpaired) electrons. The maximum atomic E-state index is 12.9. The third kappa shape index (κ3) is 5.28. The summed E-state index contributed by atoms with van der Waals surface area (Å²) in [6.45, 7) is 0.723. The molecule has 6 heteroatoms. The van der Waals surface area contributed by atoms with Crippen LogP contribution in [0.3, 0.4) is 0 Å². The van der Waals surface area contributed by atoms with E-state index in [9.17, 15) is 9.18 Å². The smallest absolute Gasteiger partial charge is 0.257 e. The largest absolute Gasteiger partial charge is 0.497 e. The summed E-state index contributed by atoms with van der Waals surface area (Å²) >= 11 is 0. The molecule has 5 nitrogen and oxygen atoms in total. The SMILES string of the molecule is COc1ccc(CCNc2ccc(C(=O)Nc3ccc(F)cc3)cn2)cc1. The predicted octanol–water partition coefficient (Wildman–Crippen LogP) is 4.14. The van der Waals surface area contributed by atoms with Gasteiger partial charge in [0.1, 0.15) is 17.4 Å². The van der Waals surface area contributed by atoms with Gasteiger partial charge in [0.15, 0.2) is 0 Å². The Labute approximate surface area is 157 Å². The van der Waals surface area contributed by atoms with Gasteiger partial charge in [-0.3, -0.25) is 4.79 Å². The lowest BCUT2D eigenvalue weighted by Gasteiger charge is -2.08. The number of halogens is 1. The normalized spacial score (nSPS) is 10.3. The van der Waals surface area contributed by atoms with Gasteiger partial charge < -0.3 is 15.4 Å². The lowest BCUT2D eigenvalue weighted by molar-refractivity contribution is 0.102. The number of hydrogen-bond donors (Lipinski definition) is 2. The second kappa shape index (κ2) is 8.80. The van der Waals surface area contributed by atoms with Gasteiger partial charge in [0.05, 0.1) is 12.7 Å². The molecule has 3 rings (SSSR count). The Kier molecular flexibility index (Phi) is 5.99. The van der Waals surface area contributed by atoms with Gasteiger partial charge in [-0.1, -0.05) is 12.1 Å². The Hall–Kier alpha value is -3.41. The molecular weight excluding hydrogens is 345 g/mol. The standard InChI is InChI=1S/C21H20FN3O2/c1-27-19-9-2-15(3-10-19)12-13-23-20-11-4-16(14-24-20)21(26)25-18-7-5-17(22)6-8-18/h2-11,14H,12-13H2,1H3,(H,23,24)(H,25,26). The number of methoxy groups -OCH3 is 1. The highest BCUT2D eigenvalue weighted by atomic mass is 19.1. The maximum Gasteiger partial charge on any atom is 0.257 e. The summed E-state index contributed by atoms with van der Waals surface area (Å²) < 4.78 is 18.0. The van der Waals surface area contributed by atoms with Crippen LogP contribution < -0.4 is 15.4 Å². The molecule has 2 aromatic carbocycles. The first-order valence-corrected chi connectivity index (χ1v) is 8.54. The first-order valence-electron chi connectivity index (χ1n) is 8.54. The topological polar surface area (TPSA) is 63.2 Å². The van der Waals surface area contributed by atoms with Crippen LogP contribution >= 0.6 is 0 Å². The van der Waals surface area contributed by atoms with Crippen LogP contribution in [0.15, 0.2) is 66.9 Å². The number of nitrogens with one attached hydrogen (secondary N) is 2. The van der Waals surface area contributed by atoms with Crippen LogP contribution in [0.1, 0.15) is 15.9 Å². The molecule has 0 spiro atoms. The van der Waals surface area contributed by atoms with Crippen molar-refractivity contribution in [3.05, 3.63) is 83.8 Å². The molecule has 27 heavy (non-hydrogen) atoms. The average Bonchev–Trinajstić information content (AvgIpc) is 2.71. The molecular formula is C21H20FN3O2. The Morgan fingerprint density at radius 3 is 2.41 bits per heavy atom. The van der Waals surface area contributed by atoms with Crippen molar-refractivity contribution in [2.75, 3.05) is 24.3 Å². The zero-order valence-corrected chi connectivity index (χ0v) is 14.9. The van der Waals surface area contributed by atoms with E-state index in [2.05, 4.69) is 15.6 Å².